The Morgan fingerprint density at radius 2 is 2.09 bits per heavy atom. The molecule has 0 aliphatic carbocycles. The number of benzene rings is 1. The quantitative estimate of drug-likeness (QED) is 0.808. The summed E-state index contributed by atoms with van der Waals surface area (Å²) in [7, 11) is 0. The van der Waals surface area contributed by atoms with Crippen LogP contribution in [0.2, 0.25) is 5.02 Å². The lowest BCUT2D eigenvalue weighted by Gasteiger charge is -2.34. The van der Waals surface area contributed by atoms with Crippen LogP contribution in [0.15, 0.2) is 39.7 Å². The third-order valence-electron chi connectivity index (χ3n) is 3.64. The molecule has 8 heteroatoms. The lowest BCUT2D eigenvalue weighted by atomic mass is 10.1. The molecule has 23 heavy (non-hydrogen) atoms. The monoisotopic (exact) mass is 398 g/mol. The van der Waals surface area contributed by atoms with E-state index in [0.717, 1.165) is 5.56 Å². The highest BCUT2D eigenvalue weighted by Crippen LogP contribution is 2.25. The van der Waals surface area contributed by atoms with Crippen LogP contribution < -0.4 is 5.43 Å². The van der Waals surface area contributed by atoms with Crippen molar-refractivity contribution < 1.29 is 15.0 Å². The molecule has 1 amide bonds. The maximum Gasteiger partial charge on any atom is 0.276 e. The van der Waals surface area contributed by atoms with Crippen LogP contribution in [0.25, 0.3) is 0 Å². The molecule has 0 fully saturated rings. The Bertz CT molecular complexity index is 852. The van der Waals surface area contributed by atoms with Crippen molar-refractivity contribution in [3.63, 3.8) is 0 Å². The Labute approximate surface area is 144 Å². The zero-order valence-corrected chi connectivity index (χ0v) is 14.1. The number of carbonyl (C=O) groups excluding carboxylic acids is 1. The number of aliphatic hydroxyl groups is 1. The molecule has 3 rings (SSSR count). The van der Waals surface area contributed by atoms with Gasteiger partial charge < -0.3 is 19.7 Å². The fraction of sp³-hybridized carbons (Fsp3) is 0.200. The van der Waals surface area contributed by atoms with Crippen molar-refractivity contribution >= 4 is 33.4 Å². The van der Waals surface area contributed by atoms with Gasteiger partial charge in [0.25, 0.3) is 5.91 Å². The van der Waals surface area contributed by atoms with E-state index in [1.165, 1.54) is 15.7 Å². The minimum absolute atomic E-state index is 0.0497. The topological polar surface area (TPSA) is 82.8 Å². The molecule has 2 aromatic rings. The Hall–Kier alpha value is -1.83. The molecule has 6 nitrogen and oxygen atoms in total. The van der Waals surface area contributed by atoms with E-state index in [-0.39, 0.29) is 23.3 Å². The molecular weight excluding hydrogens is 388 g/mol. The van der Waals surface area contributed by atoms with Crippen LogP contribution in [0.3, 0.4) is 0 Å². The van der Waals surface area contributed by atoms with Gasteiger partial charge in [0.1, 0.15) is 6.23 Å². The Morgan fingerprint density at radius 1 is 1.35 bits per heavy atom. The number of aromatic hydroxyl groups is 1. The summed E-state index contributed by atoms with van der Waals surface area (Å²) < 4.78 is 1.49. The molecule has 1 aliphatic rings. The second kappa shape index (κ2) is 5.99. The highest BCUT2D eigenvalue weighted by molar-refractivity contribution is 9.10. The first-order valence-corrected chi connectivity index (χ1v) is 7.91. The molecular formula is C15H12BrClN2O4. The first-order valence-electron chi connectivity index (χ1n) is 6.74. The Balaban J connectivity index is 2.01. The average Bonchev–Trinajstić information content (AvgIpc) is 2.49. The summed E-state index contributed by atoms with van der Waals surface area (Å²) in [6.45, 7) is 0.165. The molecule has 1 atom stereocenters. The minimum Gasteiger partial charge on any atom is -0.503 e. The van der Waals surface area contributed by atoms with Gasteiger partial charge in [-0.2, -0.15) is 0 Å². The molecule has 2 N–H and O–H groups in total. The zero-order valence-electron chi connectivity index (χ0n) is 11.7. The van der Waals surface area contributed by atoms with Crippen LogP contribution in [-0.2, 0) is 13.1 Å². The van der Waals surface area contributed by atoms with Gasteiger partial charge in [-0.05, 0) is 33.6 Å². The molecule has 1 aromatic heterocycles. The van der Waals surface area contributed by atoms with Gasteiger partial charge in [0.05, 0.1) is 11.0 Å². The van der Waals surface area contributed by atoms with E-state index in [2.05, 4.69) is 15.9 Å². The van der Waals surface area contributed by atoms with Gasteiger partial charge in [-0.25, -0.2) is 0 Å². The summed E-state index contributed by atoms with van der Waals surface area (Å²) in [5, 5.41) is 20.8. The van der Waals surface area contributed by atoms with E-state index >= 15 is 0 Å². The number of halogens is 2. The molecule has 0 saturated heterocycles. The lowest BCUT2D eigenvalue weighted by Crippen LogP contribution is -2.48. The van der Waals surface area contributed by atoms with Crippen LogP contribution in [0, 0.1) is 0 Å². The van der Waals surface area contributed by atoms with Gasteiger partial charge in [0, 0.05) is 17.8 Å². The second-order valence-corrected chi connectivity index (χ2v) is 6.49. The lowest BCUT2D eigenvalue weighted by molar-refractivity contribution is -0.0162. The minimum atomic E-state index is -1.08. The Morgan fingerprint density at radius 3 is 2.78 bits per heavy atom. The number of pyridine rings is 1. The van der Waals surface area contributed by atoms with Crippen LogP contribution in [0.1, 0.15) is 16.1 Å². The van der Waals surface area contributed by atoms with E-state index in [1.807, 2.05) is 0 Å². The number of hydrogen-bond donors (Lipinski definition) is 2. The summed E-state index contributed by atoms with van der Waals surface area (Å²) in [6, 6.07) is 6.91. The number of nitrogens with zero attached hydrogens (tertiary/aromatic N) is 2. The van der Waals surface area contributed by atoms with Crippen LogP contribution >= 0.6 is 27.5 Å². The van der Waals surface area contributed by atoms with E-state index in [9.17, 15) is 19.8 Å². The standard InChI is InChI=1S/C15H12BrClN2O4/c16-10-6-18-7-11(20)19(5-8-2-1-3-9(17)4-8)15(23)12(18)14(22)13(10)21/h1-4,6,11,20,22H,5,7H2. The number of fused-ring (bicyclic) bond motifs is 1. The van der Waals surface area contributed by atoms with Gasteiger partial charge in [-0.1, -0.05) is 23.7 Å². The number of carbonyl (C=O) groups is 1. The molecule has 0 bridgehead atoms. The van der Waals surface area contributed by atoms with Crippen LogP contribution in [0.5, 0.6) is 5.75 Å². The number of aromatic nitrogens is 1. The summed E-state index contributed by atoms with van der Waals surface area (Å²) in [5.74, 6) is -1.25. The zero-order chi connectivity index (χ0) is 16.7. The number of amides is 1. The van der Waals surface area contributed by atoms with E-state index in [4.69, 9.17) is 11.6 Å². The van der Waals surface area contributed by atoms with E-state index < -0.39 is 23.3 Å². The predicted octanol–water partition coefficient (Wildman–Crippen LogP) is 1.94. The highest BCUT2D eigenvalue weighted by Gasteiger charge is 2.34. The summed E-state index contributed by atoms with van der Waals surface area (Å²) in [6.07, 6.45) is 0.303. The van der Waals surface area contributed by atoms with Gasteiger partial charge in [-0.15, -0.1) is 0 Å². The van der Waals surface area contributed by atoms with Gasteiger partial charge in [0.15, 0.2) is 11.4 Å². The number of aliphatic hydroxyl groups excluding tert-OH is 1. The highest BCUT2D eigenvalue weighted by atomic mass is 79.9. The molecule has 2 heterocycles. The van der Waals surface area contributed by atoms with Crippen molar-refractivity contribution in [3.8, 4) is 5.75 Å². The van der Waals surface area contributed by atoms with Crippen molar-refractivity contribution in [2.45, 2.75) is 19.3 Å². The fourth-order valence-electron chi connectivity index (χ4n) is 2.54. The van der Waals surface area contributed by atoms with Crippen molar-refractivity contribution in [1.29, 1.82) is 0 Å². The van der Waals surface area contributed by atoms with E-state index in [1.54, 1.807) is 24.3 Å². The Kier molecular flexibility index (Phi) is 4.18. The number of hydrogen-bond acceptors (Lipinski definition) is 4. The van der Waals surface area contributed by atoms with Crippen LogP contribution in [-0.4, -0.2) is 31.8 Å². The third-order valence-corrected chi connectivity index (χ3v) is 4.44. The summed E-state index contributed by atoms with van der Waals surface area (Å²) in [4.78, 5) is 25.6. The third kappa shape index (κ3) is 2.87. The molecule has 0 radical (unpaired) electrons. The van der Waals surface area contributed by atoms with E-state index in [0.29, 0.717) is 5.02 Å². The van der Waals surface area contributed by atoms with Crippen molar-refractivity contribution in [1.82, 2.24) is 9.47 Å². The van der Waals surface area contributed by atoms with Crippen molar-refractivity contribution in [2.24, 2.45) is 0 Å². The average molecular weight is 400 g/mol. The molecule has 120 valence electrons. The normalized spacial score (nSPS) is 17.3. The van der Waals surface area contributed by atoms with Gasteiger partial charge in [0.2, 0.25) is 5.43 Å². The molecule has 0 saturated carbocycles. The molecule has 1 aromatic carbocycles. The number of rotatable bonds is 2. The second-order valence-electron chi connectivity index (χ2n) is 5.20. The maximum absolute atomic E-state index is 12.6. The summed E-state index contributed by atoms with van der Waals surface area (Å²) in [5.41, 5.74) is -0.0634. The van der Waals surface area contributed by atoms with Crippen LogP contribution in [0.4, 0.5) is 0 Å². The smallest absolute Gasteiger partial charge is 0.276 e. The molecule has 0 spiro atoms. The van der Waals surface area contributed by atoms with Crippen molar-refractivity contribution in [3.05, 3.63) is 61.4 Å². The largest absolute Gasteiger partial charge is 0.503 e. The van der Waals surface area contributed by atoms with Crippen molar-refractivity contribution in [2.75, 3.05) is 0 Å². The van der Waals surface area contributed by atoms with Gasteiger partial charge >= 0.3 is 0 Å². The first-order chi connectivity index (χ1) is 10.9. The fourth-order valence-corrected chi connectivity index (χ4v) is 3.19. The maximum atomic E-state index is 12.6. The SMILES string of the molecule is O=C1c2c(O)c(=O)c(Br)cn2CC(O)N1Cc1cccc(Cl)c1. The van der Waals surface area contributed by atoms with Gasteiger partial charge in [-0.3, -0.25) is 9.59 Å². The molecule has 1 unspecified atom stereocenters. The summed E-state index contributed by atoms with van der Waals surface area (Å²) >= 11 is 8.95. The predicted molar refractivity (Wildman–Crippen MR) is 87.4 cm³/mol. The first kappa shape index (κ1) is 16.0. The molecule has 1 aliphatic heterocycles.